The van der Waals surface area contributed by atoms with Gasteiger partial charge in [0.25, 0.3) is 0 Å². The summed E-state index contributed by atoms with van der Waals surface area (Å²) in [6, 6.07) is 6.37. The summed E-state index contributed by atoms with van der Waals surface area (Å²) in [5, 5.41) is 10.1. The molecular weight excluding hydrogens is 441 g/mol. The van der Waals surface area contributed by atoms with Gasteiger partial charge < -0.3 is 9.73 Å². The maximum absolute atomic E-state index is 13.5. The van der Waals surface area contributed by atoms with Crippen LogP contribution in [0.2, 0.25) is 0 Å². The van der Waals surface area contributed by atoms with Crippen molar-refractivity contribution in [1.82, 2.24) is 25.1 Å². The first-order chi connectivity index (χ1) is 15.6. The lowest BCUT2D eigenvalue weighted by atomic mass is 10.0. The number of aryl methyl sites for hydroxylation is 2. The number of amides is 1. The van der Waals surface area contributed by atoms with Crippen molar-refractivity contribution in [2.75, 3.05) is 0 Å². The second-order valence-electron chi connectivity index (χ2n) is 8.83. The Morgan fingerprint density at radius 1 is 1.18 bits per heavy atom. The van der Waals surface area contributed by atoms with E-state index in [1.54, 1.807) is 25.3 Å². The monoisotopic (exact) mass is 467 g/mol. The van der Waals surface area contributed by atoms with Gasteiger partial charge in [0.1, 0.15) is 22.3 Å². The summed E-state index contributed by atoms with van der Waals surface area (Å²) >= 11 is 1.45. The maximum atomic E-state index is 13.5. The van der Waals surface area contributed by atoms with Crippen molar-refractivity contribution in [3.63, 3.8) is 0 Å². The second-order valence-corrected chi connectivity index (χ2v) is 9.69. The van der Waals surface area contributed by atoms with Crippen LogP contribution in [0.1, 0.15) is 43.8 Å². The van der Waals surface area contributed by atoms with E-state index >= 15 is 0 Å². The van der Waals surface area contributed by atoms with Gasteiger partial charge in [-0.25, -0.2) is 14.4 Å². The van der Waals surface area contributed by atoms with E-state index < -0.39 is 0 Å². The molecule has 0 fully saturated rings. The van der Waals surface area contributed by atoms with Crippen molar-refractivity contribution in [1.29, 1.82) is 0 Å². The van der Waals surface area contributed by atoms with E-state index in [0.29, 0.717) is 23.9 Å². The Labute approximate surface area is 195 Å². The number of nitrogens with zero attached hydrogens (tertiary/aromatic N) is 4. The molecule has 4 rings (SSSR count). The van der Waals surface area contributed by atoms with Crippen molar-refractivity contribution in [3.05, 3.63) is 64.7 Å². The third kappa shape index (κ3) is 5.03. The highest BCUT2D eigenvalue weighted by molar-refractivity contribution is 7.13. The van der Waals surface area contributed by atoms with Crippen molar-refractivity contribution in [2.45, 2.75) is 53.1 Å². The van der Waals surface area contributed by atoms with Gasteiger partial charge in [-0.2, -0.15) is 5.10 Å². The molecule has 0 bridgehead atoms. The molecule has 9 heteroatoms. The molecule has 3 heterocycles. The molecule has 1 N–H and O–H groups in total. The molecule has 0 aliphatic heterocycles. The average molecular weight is 468 g/mol. The number of benzene rings is 1. The van der Waals surface area contributed by atoms with Gasteiger partial charge in [-0.05, 0) is 52.0 Å². The zero-order valence-electron chi connectivity index (χ0n) is 19.3. The second kappa shape index (κ2) is 8.90. The van der Waals surface area contributed by atoms with Crippen LogP contribution >= 0.6 is 11.3 Å². The van der Waals surface area contributed by atoms with E-state index in [1.165, 1.54) is 23.5 Å². The lowest BCUT2D eigenvalue weighted by molar-refractivity contribution is -0.120. The van der Waals surface area contributed by atoms with Gasteiger partial charge in [0.2, 0.25) is 5.91 Å². The molecule has 0 atom stereocenters. The molecule has 3 aromatic heterocycles. The van der Waals surface area contributed by atoms with Crippen LogP contribution < -0.4 is 5.32 Å². The number of carbonyl (C=O) groups excluding carboxylic acids is 1. The SMILES string of the molecule is Cc1nc(CNC(=O)Cc2csc(-c3cnn(C(C)(C)C)c3-c3ccc(F)cc3)n2)c(C)o1. The number of halogens is 1. The summed E-state index contributed by atoms with van der Waals surface area (Å²) in [5.41, 5.74) is 3.69. The van der Waals surface area contributed by atoms with Crippen LogP contribution in [0.3, 0.4) is 0 Å². The lowest BCUT2D eigenvalue weighted by Crippen LogP contribution is -2.25. The van der Waals surface area contributed by atoms with Gasteiger partial charge in [-0.1, -0.05) is 0 Å². The zero-order chi connectivity index (χ0) is 23.8. The summed E-state index contributed by atoms with van der Waals surface area (Å²) in [5.74, 6) is 0.846. The minimum atomic E-state index is -0.291. The molecule has 33 heavy (non-hydrogen) atoms. The van der Waals surface area contributed by atoms with E-state index in [-0.39, 0.29) is 23.7 Å². The normalized spacial score (nSPS) is 11.7. The van der Waals surface area contributed by atoms with Crippen molar-refractivity contribution < 1.29 is 13.6 Å². The summed E-state index contributed by atoms with van der Waals surface area (Å²) in [7, 11) is 0. The number of thiazole rings is 1. The Morgan fingerprint density at radius 2 is 1.91 bits per heavy atom. The fourth-order valence-electron chi connectivity index (χ4n) is 3.56. The van der Waals surface area contributed by atoms with E-state index in [4.69, 9.17) is 9.40 Å². The summed E-state index contributed by atoms with van der Waals surface area (Å²) < 4.78 is 20.8. The Kier molecular flexibility index (Phi) is 6.16. The summed E-state index contributed by atoms with van der Waals surface area (Å²) in [6.45, 7) is 10.1. The topological polar surface area (TPSA) is 85.8 Å². The number of nitrogens with one attached hydrogen (secondary N) is 1. The van der Waals surface area contributed by atoms with E-state index in [9.17, 15) is 9.18 Å². The van der Waals surface area contributed by atoms with Crippen LogP contribution in [0, 0.1) is 19.7 Å². The third-order valence-electron chi connectivity index (χ3n) is 5.10. The number of aromatic nitrogens is 4. The van der Waals surface area contributed by atoms with Gasteiger partial charge in [0.05, 0.1) is 41.7 Å². The van der Waals surface area contributed by atoms with Crippen molar-refractivity contribution in [3.8, 4) is 21.8 Å². The smallest absolute Gasteiger partial charge is 0.226 e. The van der Waals surface area contributed by atoms with E-state index in [0.717, 1.165) is 27.5 Å². The van der Waals surface area contributed by atoms with E-state index in [1.807, 2.05) is 17.0 Å². The fraction of sp³-hybridized carbons (Fsp3) is 0.333. The highest BCUT2D eigenvalue weighted by Gasteiger charge is 2.24. The average Bonchev–Trinajstić information content (AvgIpc) is 3.45. The van der Waals surface area contributed by atoms with Crippen molar-refractivity contribution >= 4 is 17.2 Å². The van der Waals surface area contributed by atoms with Crippen LogP contribution in [0.15, 0.2) is 40.3 Å². The molecule has 7 nitrogen and oxygen atoms in total. The van der Waals surface area contributed by atoms with E-state index in [2.05, 4.69) is 36.2 Å². The minimum Gasteiger partial charge on any atom is -0.446 e. The first-order valence-electron chi connectivity index (χ1n) is 10.6. The van der Waals surface area contributed by atoms with Crippen LogP contribution in [0.4, 0.5) is 4.39 Å². The highest BCUT2D eigenvalue weighted by atomic mass is 32.1. The van der Waals surface area contributed by atoms with Crippen LogP contribution in [0.25, 0.3) is 21.8 Å². The molecule has 0 radical (unpaired) electrons. The Morgan fingerprint density at radius 3 is 2.55 bits per heavy atom. The number of carbonyl (C=O) groups is 1. The van der Waals surface area contributed by atoms with Crippen LogP contribution in [-0.4, -0.2) is 25.7 Å². The van der Waals surface area contributed by atoms with Crippen molar-refractivity contribution in [2.24, 2.45) is 0 Å². The molecule has 0 aliphatic carbocycles. The predicted molar refractivity (Wildman–Crippen MR) is 125 cm³/mol. The molecular formula is C24H26FN5O2S. The quantitative estimate of drug-likeness (QED) is 0.430. The van der Waals surface area contributed by atoms with Gasteiger partial charge in [-0.15, -0.1) is 11.3 Å². The highest BCUT2D eigenvalue weighted by Crippen LogP contribution is 2.36. The van der Waals surface area contributed by atoms with Gasteiger partial charge in [0.15, 0.2) is 5.89 Å². The van der Waals surface area contributed by atoms with Gasteiger partial charge >= 0.3 is 0 Å². The Hall–Kier alpha value is -3.33. The molecule has 0 saturated heterocycles. The number of hydrogen-bond acceptors (Lipinski definition) is 6. The zero-order valence-corrected chi connectivity index (χ0v) is 20.1. The van der Waals surface area contributed by atoms with Gasteiger partial charge in [-0.3, -0.25) is 9.48 Å². The molecule has 4 aromatic rings. The Bertz CT molecular complexity index is 1280. The molecule has 0 aliphatic rings. The van der Waals surface area contributed by atoms with Crippen LogP contribution in [0.5, 0.6) is 0 Å². The number of oxazole rings is 1. The Balaban J connectivity index is 1.55. The molecule has 172 valence electrons. The summed E-state index contributed by atoms with van der Waals surface area (Å²) in [6.07, 6.45) is 1.94. The van der Waals surface area contributed by atoms with Crippen LogP contribution in [-0.2, 0) is 23.3 Å². The predicted octanol–water partition coefficient (Wildman–Crippen LogP) is 5.03. The number of rotatable bonds is 6. The molecule has 0 spiro atoms. The first kappa shape index (κ1) is 22.8. The largest absolute Gasteiger partial charge is 0.446 e. The molecule has 1 amide bonds. The summed E-state index contributed by atoms with van der Waals surface area (Å²) in [4.78, 5) is 21.4. The number of hydrogen-bond donors (Lipinski definition) is 1. The molecule has 0 saturated carbocycles. The molecule has 1 aromatic carbocycles. The van der Waals surface area contributed by atoms with Gasteiger partial charge in [0, 0.05) is 17.9 Å². The lowest BCUT2D eigenvalue weighted by Gasteiger charge is -2.23. The maximum Gasteiger partial charge on any atom is 0.226 e. The minimum absolute atomic E-state index is 0.143. The standard InChI is InChI=1S/C24H26FN5O2S/c1-14-20(28-15(2)32-14)12-26-21(31)10-18-13-33-23(29-18)19-11-27-30(24(3,4)5)22(19)16-6-8-17(25)9-7-16/h6-9,11,13H,10,12H2,1-5H3,(H,26,31). The third-order valence-corrected chi connectivity index (χ3v) is 6.02. The molecule has 0 unspecified atom stereocenters. The first-order valence-corrected chi connectivity index (χ1v) is 11.5. The fourth-order valence-corrected chi connectivity index (χ4v) is 4.39.